The maximum Gasteiger partial charge on any atom is 0.407 e. The lowest BCUT2D eigenvalue weighted by atomic mass is 9.88. The van der Waals surface area contributed by atoms with Crippen LogP contribution in [0.5, 0.6) is 5.75 Å². The summed E-state index contributed by atoms with van der Waals surface area (Å²) in [6.07, 6.45) is 0.655. The van der Waals surface area contributed by atoms with Crippen molar-refractivity contribution >= 4 is 26.0 Å². The van der Waals surface area contributed by atoms with Gasteiger partial charge in [0.25, 0.3) is 0 Å². The molecule has 14 heteroatoms. The molecule has 2 aliphatic heterocycles. The van der Waals surface area contributed by atoms with E-state index in [1.807, 2.05) is 18.2 Å². The average Bonchev–Trinajstić information content (AvgIpc) is 3.43. The molecule has 12 nitrogen and oxygen atoms in total. The fourth-order valence-electron chi connectivity index (χ4n) is 5.62. The average molecular weight is 675 g/mol. The number of hydrogen-bond acceptors (Lipinski definition) is 10. The molecule has 46 heavy (non-hydrogen) atoms. The van der Waals surface area contributed by atoms with Crippen molar-refractivity contribution in [2.75, 3.05) is 39.2 Å². The van der Waals surface area contributed by atoms with Crippen LogP contribution < -0.4 is 10.1 Å². The molecular weight excluding hydrogens is 636 g/mol. The Balaban J connectivity index is 1.07. The highest BCUT2D eigenvalue weighted by molar-refractivity contribution is 7.90. The minimum absolute atomic E-state index is 0.0647. The fourth-order valence-corrected chi connectivity index (χ4v) is 7.77. The molecule has 1 unspecified atom stereocenters. The van der Waals surface area contributed by atoms with Gasteiger partial charge in [0, 0.05) is 19.3 Å². The number of alkyl carbamates (subject to hydrolysis) is 1. The second-order valence-corrected chi connectivity index (χ2v) is 15.6. The quantitative estimate of drug-likeness (QED) is 0.275. The molecule has 1 amide bonds. The van der Waals surface area contributed by atoms with Crippen molar-refractivity contribution in [1.29, 1.82) is 0 Å². The van der Waals surface area contributed by atoms with Crippen LogP contribution in [-0.4, -0.2) is 94.4 Å². The first-order chi connectivity index (χ1) is 21.9. The van der Waals surface area contributed by atoms with Crippen molar-refractivity contribution in [2.45, 2.75) is 53.4 Å². The Kier molecular flexibility index (Phi) is 10.3. The molecule has 0 bridgehead atoms. The van der Waals surface area contributed by atoms with Gasteiger partial charge in [-0.3, -0.25) is 0 Å². The Hall–Kier alpha value is -3.53. The number of carbonyl (C=O) groups excluding carboxylic acids is 1. The van der Waals surface area contributed by atoms with E-state index in [-0.39, 0.29) is 61.1 Å². The third-order valence-corrected chi connectivity index (χ3v) is 11.2. The third kappa shape index (κ3) is 8.24. The van der Waals surface area contributed by atoms with Gasteiger partial charge in [-0.15, -0.1) is 0 Å². The van der Waals surface area contributed by atoms with Crippen LogP contribution in [0.1, 0.15) is 24.8 Å². The summed E-state index contributed by atoms with van der Waals surface area (Å²) in [7, 11) is -7.15. The molecule has 5 rings (SSSR count). The number of benzene rings is 3. The summed E-state index contributed by atoms with van der Waals surface area (Å²) >= 11 is 0. The van der Waals surface area contributed by atoms with Gasteiger partial charge >= 0.3 is 6.09 Å². The van der Waals surface area contributed by atoms with Gasteiger partial charge < -0.3 is 29.7 Å². The van der Waals surface area contributed by atoms with E-state index in [2.05, 4.69) is 5.32 Å². The van der Waals surface area contributed by atoms with Gasteiger partial charge in [0.1, 0.15) is 25.1 Å². The first-order valence-corrected chi connectivity index (χ1v) is 18.2. The molecule has 3 aromatic carbocycles. The number of nitrogens with one attached hydrogen (secondary N) is 1. The van der Waals surface area contributed by atoms with Crippen LogP contribution >= 0.6 is 0 Å². The lowest BCUT2D eigenvalue weighted by Crippen LogP contribution is -2.47. The second kappa shape index (κ2) is 14.1. The van der Waals surface area contributed by atoms with Crippen molar-refractivity contribution in [2.24, 2.45) is 0 Å². The van der Waals surface area contributed by atoms with E-state index < -0.39 is 37.7 Å². The number of hydrogen-bond donors (Lipinski definition) is 3. The number of sulfonamides is 1. The first kappa shape index (κ1) is 33.8. The highest BCUT2D eigenvalue weighted by atomic mass is 32.2. The van der Waals surface area contributed by atoms with E-state index >= 15 is 0 Å². The Bertz CT molecular complexity index is 1740. The van der Waals surface area contributed by atoms with Crippen LogP contribution in [0.15, 0.2) is 82.6 Å². The number of rotatable bonds is 11. The number of sulfone groups is 1. The van der Waals surface area contributed by atoms with Crippen LogP contribution in [0, 0.1) is 0 Å². The molecule has 0 radical (unpaired) electrons. The normalized spacial score (nSPS) is 19.1. The summed E-state index contributed by atoms with van der Waals surface area (Å²) < 4.78 is 68.6. The van der Waals surface area contributed by atoms with Crippen molar-refractivity contribution in [3.8, 4) is 16.9 Å². The van der Waals surface area contributed by atoms with E-state index in [9.17, 15) is 31.8 Å². The predicted molar refractivity (Wildman–Crippen MR) is 168 cm³/mol. The van der Waals surface area contributed by atoms with Crippen molar-refractivity contribution < 1.29 is 46.1 Å². The molecule has 1 spiro atoms. The monoisotopic (exact) mass is 674 g/mol. The number of aliphatic hydroxyl groups excluding tert-OH is 2. The number of aliphatic hydroxyl groups is 2. The van der Waals surface area contributed by atoms with Gasteiger partial charge in [-0.05, 0) is 66.3 Å². The Labute approximate surface area is 268 Å². The molecule has 0 aliphatic carbocycles. The molecule has 2 atom stereocenters. The van der Waals surface area contributed by atoms with Crippen molar-refractivity contribution in [3.05, 3.63) is 78.4 Å². The van der Waals surface area contributed by atoms with Gasteiger partial charge in [0.05, 0.1) is 34.6 Å². The van der Waals surface area contributed by atoms with Crippen LogP contribution in [-0.2, 0) is 35.9 Å². The van der Waals surface area contributed by atoms with Crippen LogP contribution in [0.25, 0.3) is 11.1 Å². The summed E-state index contributed by atoms with van der Waals surface area (Å²) in [6.45, 7) is 0.185. The molecule has 2 heterocycles. The zero-order valence-corrected chi connectivity index (χ0v) is 27.0. The second-order valence-electron chi connectivity index (χ2n) is 11.6. The zero-order valence-electron chi connectivity index (χ0n) is 25.4. The van der Waals surface area contributed by atoms with Crippen LogP contribution in [0.4, 0.5) is 4.79 Å². The van der Waals surface area contributed by atoms with Crippen molar-refractivity contribution in [3.63, 3.8) is 0 Å². The summed E-state index contributed by atoms with van der Waals surface area (Å²) in [5, 5.41) is 22.2. The van der Waals surface area contributed by atoms with E-state index in [1.165, 1.54) is 22.5 Å². The van der Waals surface area contributed by atoms with Gasteiger partial charge in [0.2, 0.25) is 10.0 Å². The number of piperidine rings is 1. The van der Waals surface area contributed by atoms with Crippen LogP contribution in [0.3, 0.4) is 0 Å². The molecule has 248 valence electrons. The number of carbonyl (C=O) groups is 1. The van der Waals surface area contributed by atoms with E-state index in [0.29, 0.717) is 19.3 Å². The van der Waals surface area contributed by atoms with E-state index in [1.54, 1.807) is 36.4 Å². The molecule has 2 aliphatic rings. The maximum absolute atomic E-state index is 13.5. The van der Waals surface area contributed by atoms with Gasteiger partial charge in [0.15, 0.2) is 9.84 Å². The molecule has 0 saturated carbocycles. The molecular formula is C32H38N2O10S2. The summed E-state index contributed by atoms with van der Waals surface area (Å²) in [4.78, 5) is 12.7. The molecule has 3 aromatic rings. The lowest BCUT2D eigenvalue weighted by molar-refractivity contribution is -0.0312. The van der Waals surface area contributed by atoms with E-state index in [4.69, 9.17) is 14.2 Å². The predicted octanol–water partition coefficient (Wildman–Crippen LogP) is 2.73. The van der Waals surface area contributed by atoms with Gasteiger partial charge in [-0.25, -0.2) is 21.6 Å². The lowest BCUT2D eigenvalue weighted by Gasteiger charge is -2.38. The minimum atomic E-state index is -3.74. The highest BCUT2D eigenvalue weighted by Gasteiger charge is 2.45. The standard InChI is InChI=1S/C32H38N2O10S2/c1-45(38,39)29-6-3-5-28(17-29)42-21-27(36)22-43-31(37)33-26-18-32(44-20-26)12-14-34(15-13-32)46(40,41)30-7-2-4-25(16-30)24-10-8-23(19-35)9-11-24/h2-11,16-17,26-27,35-36H,12-15,18-22H2,1H3,(H,33,37)/t26?,27-/m0/s1. The summed E-state index contributed by atoms with van der Waals surface area (Å²) in [5.41, 5.74) is 1.83. The Morgan fingerprint density at radius 1 is 0.978 bits per heavy atom. The highest BCUT2D eigenvalue weighted by Crippen LogP contribution is 2.37. The minimum Gasteiger partial charge on any atom is -0.491 e. The third-order valence-electron chi connectivity index (χ3n) is 8.19. The van der Waals surface area contributed by atoms with Gasteiger partial charge in [-0.2, -0.15) is 4.31 Å². The summed E-state index contributed by atoms with van der Waals surface area (Å²) in [5.74, 6) is 0.261. The Morgan fingerprint density at radius 3 is 2.37 bits per heavy atom. The molecule has 3 N–H and O–H groups in total. The van der Waals surface area contributed by atoms with Crippen LogP contribution in [0.2, 0.25) is 0 Å². The number of amides is 1. The summed E-state index contributed by atoms with van der Waals surface area (Å²) in [6, 6.07) is 19.7. The van der Waals surface area contributed by atoms with Crippen molar-refractivity contribution in [1.82, 2.24) is 9.62 Å². The molecule has 2 fully saturated rings. The number of nitrogens with zero attached hydrogens (tertiary/aromatic N) is 1. The van der Waals surface area contributed by atoms with E-state index in [0.717, 1.165) is 22.9 Å². The smallest absolute Gasteiger partial charge is 0.407 e. The molecule has 0 aromatic heterocycles. The number of ether oxygens (including phenoxy) is 3. The largest absolute Gasteiger partial charge is 0.491 e. The molecule has 2 saturated heterocycles. The maximum atomic E-state index is 13.5. The Morgan fingerprint density at radius 2 is 1.67 bits per heavy atom. The first-order valence-electron chi connectivity index (χ1n) is 14.9. The fraction of sp³-hybridized carbons (Fsp3) is 0.406. The van der Waals surface area contributed by atoms with Gasteiger partial charge in [-0.1, -0.05) is 42.5 Å². The SMILES string of the molecule is CS(=O)(=O)c1cccc(OC[C@H](O)COC(=O)NC2COC3(CCN(S(=O)(=O)c4cccc(-c5ccc(CO)cc5)c4)CC3)C2)c1. The zero-order chi connectivity index (χ0) is 33.0. The topological polar surface area (TPSA) is 169 Å².